The zero-order valence-electron chi connectivity index (χ0n) is 14.1. The summed E-state index contributed by atoms with van der Waals surface area (Å²) in [6.45, 7) is 0.0686. The van der Waals surface area contributed by atoms with Crippen LogP contribution in [0.5, 0.6) is 0 Å². The van der Waals surface area contributed by atoms with Crippen LogP contribution in [0.1, 0.15) is 28.0 Å². The van der Waals surface area contributed by atoms with Crippen molar-refractivity contribution in [2.75, 3.05) is 11.9 Å². The lowest BCUT2D eigenvalue weighted by atomic mass is 10.1. The maximum absolute atomic E-state index is 12.0. The average Bonchev–Trinajstić information content (AvgIpc) is 3.33. The van der Waals surface area contributed by atoms with Crippen molar-refractivity contribution in [3.8, 4) is 0 Å². The Balaban J connectivity index is 1.48. The maximum Gasteiger partial charge on any atom is 0.291 e. The molecular formula is C19H17BrN2O5. The molecule has 0 radical (unpaired) electrons. The number of rotatable bonds is 7. The van der Waals surface area contributed by atoms with Crippen molar-refractivity contribution >= 4 is 33.4 Å². The number of benzene rings is 1. The quantitative estimate of drug-likeness (QED) is 0.531. The number of furan rings is 2. The first-order valence-electron chi connectivity index (χ1n) is 8.15. The fourth-order valence-corrected chi connectivity index (χ4v) is 2.68. The van der Waals surface area contributed by atoms with Gasteiger partial charge in [0.25, 0.3) is 5.91 Å². The molecule has 8 heteroatoms. The molecule has 0 aliphatic heterocycles. The molecule has 1 unspecified atom stereocenters. The van der Waals surface area contributed by atoms with Gasteiger partial charge in [-0.25, -0.2) is 0 Å². The average molecular weight is 433 g/mol. The Kier molecular flexibility index (Phi) is 6.10. The predicted octanol–water partition coefficient (Wildman–Crippen LogP) is 3.28. The number of amides is 2. The molecule has 1 atom stereocenters. The first kappa shape index (κ1) is 18.9. The molecule has 1 aromatic carbocycles. The minimum atomic E-state index is -0.886. The van der Waals surface area contributed by atoms with Gasteiger partial charge in [-0.3, -0.25) is 9.59 Å². The molecule has 2 amide bonds. The van der Waals surface area contributed by atoms with Crippen molar-refractivity contribution in [2.45, 2.75) is 12.5 Å². The SMILES string of the molecule is O=C(Cc1ccc(NC(=O)c2ccc(Br)o2)cc1)NCC(O)c1ccco1. The van der Waals surface area contributed by atoms with Gasteiger partial charge in [-0.1, -0.05) is 12.1 Å². The van der Waals surface area contributed by atoms with Gasteiger partial charge < -0.3 is 24.6 Å². The topological polar surface area (TPSA) is 105 Å². The molecule has 0 fully saturated rings. The number of hydrogen-bond acceptors (Lipinski definition) is 5. The molecule has 0 aliphatic rings. The normalized spacial score (nSPS) is 11.8. The minimum Gasteiger partial charge on any atom is -0.467 e. The summed E-state index contributed by atoms with van der Waals surface area (Å²) in [7, 11) is 0. The second-order valence-electron chi connectivity index (χ2n) is 5.77. The van der Waals surface area contributed by atoms with Crippen LogP contribution in [0, 0.1) is 0 Å². The third-order valence-corrected chi connectivity index (χ3v) is 4.16. The molecule has 0 saturated carbocycles. The number of aliphatic hydroxyl groups is 1. The van der Waals surface area contributed by atoms with E-state index in [2.05, 4.69) is 26.6 Å². The first-order valence-corrected chi connectivity index (χ1v) is 8.94. The highest BCUT2D eigenvalue weighted by atomic mass is 79.9. The van der Waals surface area contributed by atoms with Crippen LogP contribution in [0.4, 0.5) is 5.69 Å². The van der Waals surface area contributed by atoms with E-state index in [1.165, 1.54) is 6.26 Å². The fraction of sp³-hybridized carbons (Fsp3) is 0.158. The van der Waals surface area contributed by atoms with Gasteiger partial charge in [-0.15, -0.1) is 0 Å². The lowest BCUT2D eigenvalue weighted by molar-refractivity contribution is -0.120. The standard InChI is InChI=1S/C19H17BrN2O5/c20-17-8-7-16(27-17)19(25)22-13-5-3-12(4-6-13)10-18(24)21-11-14(23)15-2-1-9-26-15/h1-9,14,23H,10-11H2,(H,21,24)(H,22,25). The van der Waals surface area contributed by atoms with Crippen LogP contribution in [0.3, 0.4) is 0 Å². The Morgan fingerprint density at radius 1 is 1.11 bits per heavy atom. The van der Waals surface area contributed by atoms with Crippen LogP contribution in [-0.4, -0.2) is 23.5 Å². The smallest absolute Gasteiger partial charge is 0.291 e. The van der Waals surface area contributed by atoms with E-state index in [0.717, 1.165) is 5.56 Å². The van der Waals surface area contributed by atoms with Crippen LogP contribution in [0.25, 0.3) is 0 Å². The van der Waals surface area contributed by atoms with Crippen LogP contribution in [-0.2, 0) is 11.2 Å². The Morgan fingerprint density at radius 2 is 1.89 bits per heavy atom. The predicted molar refractivity (Wildman–Crippen MR) is 101 cm³/mol. The highest BCUT2D eigenvalue weighted by molar-refractivity contribution is 9.10. The number of hydrogen-bond donors (Lipinski definition) is 3. The van der Waals surface area contributed by atoms with Gasteiger partial charge >= 0.3 is 0 Å². The Bertz CT molecular complexity index is 903. The van der Waals surface area contributed by atoms with Crippen molar-refractivity contribution in [1.29, 1.82) is 0 Å². The summed E-state index contributed by atoms with van der Waals surface area (Å²) < 4.78 is 10.7. The molecule has 3 aromatic rings. The number of carbonyl (C=O) groups excluding carboxylic acids is 2. The molecule has 140 valence electrons. The summed E-state index contributed by atoms with van der Waals surface area (Å²) in [4.78, 5) is 24.0. The maximum atomic E-state index is 12.0. The van der Waals surface area contributed by atoms with E-state index in [1.54, 1.807) is 48.5 Å². The molecule has 3 N–H and O–H groups in total. The summed E-state index contributed by atoms with van der Waals surface area (Å²) in [6.07, 6.45) is 0.735. The Hall–Kier alpha value is -2.84. The molecular weight excluding hydrogens is 416 g/mol. The van der Waals surface area contributed by atoms with Crippen LogP contribution >= 0.6 is 15.9 Å². The highest BCUT2D eigenvalue weighted by Crippen LogP contribution is 2.17. The van der Waals surface area contributed by atoms with Gasteiger partial charge in [0.2, 0.25) is 5.91 Å². The molecule has 27 heavy (non-hydrogen) atoms. The third-order valence-electron chi connectivity index (χ3n) is 3.74. The Morgan fingerprint density at radius 3 is 2.52 bits per heavy atom. The third kappa shape index (κ3) is 5.32. The van der Waals surface area contributed by atoms with E-state index in [-0.39, 0.29) is 30.5 Å². The van der Waals surface area contributed by atoms with Crippen molar-refractivity contribution in [3.63, 3.8) is 0 Å². The molecule has 2 heterocycles. The summed E-state index contributed by atoms with van der Waals surface area (Å²) in [6, 6.07) is 13.4. The monoisotopic (exact) mass is 432 g/mol. The fourth-order valence-electron chi connectivity index (χ4n) is 2.37. The minimum absolute atomic E-state index is 0.0686. The molecule has 2 aromatic heterocycles. The number of carbonyl (C=O) groups is 2. The summed E-state index contributed by atoms with van der Waals surface area (Å²) >= 11 is 3.15. The van der Waals surface area contributed by atoms with Gasteiger partial charge in [0.1, 0.15) is 11.9 Å². The largest absolute Gasteiger partial charge is 0.467 e. The first-order chi connectivity index (χ1) is 13.0. The summed E-state index contributed by atoms with van der Waals surface area (Å²) in [5, 5.41) is 15.2. The zero-order valence-corrected chi connectivity index (χ0v) is 15.7. The van der Waals surface area contributed by atoms with Crippen molar-refractivity contribution in [1.82, 2.24) is 5.32 Å². The number of anilines is 1. The van der Waals surface area contributed by atoms with Gasteiger partial charge in [-0.05, 0) is 57.9 Å². The van der Waals surface area contributed by atoms with Crippen molar-refractivity contribution in [2.24, 2.45) is 0 Å². The Labute approximate surface area is 163 Å². The zero-order chi connectivity index (χ0) is 19.2. The van der Waals surface area contributed by atoms with Crippen LogP contribution in [0.15, 0.2) is 68.3 Å². The van der Waals surface area contributed by atoms with Crippen LogP contribution in [0.2, 0.25) is 0 Å². The molecule has 0 spiro atoms. The lowest BCUT2D eigenvalue weighted by Gasteiger charge is -2.10. The van der Waals surface area contributed by atoms with E-state index in [4.69, 9.17) is 8.83 Å². The summed E-state index contributed by atoms with van der Waals surface area (Å²) in [5.74, 6) is 0.00959. The summed E-state index contributed by atoms with van der Waals surface area (Å²) in [5.41, 5.74) is 1.36. The van der Waals surface area contributed by atoms with E-state index >= 15 is 0 Å². The molecule has 0 bridgehead atoms. The van der Waals surface area contributed by atoms with E-state index in [9.17, 15) is 14.7 Å². The van der Waals surface area contributed by atoms with Gasteiger partial charge in [0, 0.05) is 5.69 Å². The molecule has 3 rings (SSSR count). The number of halogens is 1. The lowest BCUT2D eigenvalue weighted by Crippen LogP contribution is -2.29. The van der Waals surface area contributed by atoms with E-state index in [0.29, 0.717) is 16.1 Å². The number of aliphatic hydroxyl groups excluding tert-OH is 1. The highest BCUT2D eigenvalue weighted by Gasteiger charge is 2.13. The van der Waals surface area contributed by atoms with Gasteiger partial charge in [-0.2, -0.15) is 0 Å². The van der Waals surface area contributed by atoms with Crippen LogP contribution < -0.4 is 10.6 Å². The van der Waals surface area contributed by atoms with E-state index < -0.39 is 6.10 Å². The van der Waals surface area contributed by atoms with Crippen molar-refractivity contribution in [3.05, 3.63) is 76.5 Å². The van der Waals surface area contributed by atoms with Crippen molar-refractivity contribution < 1.29 is 23.5 Å². The second-order valence-corrected chi connectivity index (χ2v) is 6.55. The second kappa shape index (κ2) is 8.70. The molecule has 0 saturated heterocycles. The van der Waals surface area contributed by atoms with Gasteiger partial charge in [0.05, 0.1) is 19.2 Å². The molecule has 0 aliphatic carbocycles. The molecule has 7 nitrogen and oxygen atoms in total. The number of nitrogens with one attached hydrogen (secondary N) is 2. The van der Waals surface area contributed by atoms with E-state index in [1.807, 2.05) is 0 Å². The van der Waals surface area contributed by atoms with Gasteiger partial charge in [0.15, 0.2) is 10.4 Å².